The smallest absolute Gasteiger partial charge is 0.403 e. The number of methoxy groups -OCH3 is 1. The molecule has 0 amide bonds. The molecule has 1 aromatic carbocycles. The number of aromatic nitrogens is 4. The van der Waals surface area contributed by atoms with Gasteiger partial charge in [0.15, 0.2) is 17.4 Å². The van der Waals surface area contributed by atoms with E-state index in [-0.39, 0.29) is 24.3 Å². The third-order valence-corrected chi connectivity index (χ3v) is 7.71. The molecule has 1 unspecified atom stereocenters. The second-order valence-corrected chi connectivity index (χ2v) is 10.5. The normalized spacial score (nSPS) is 19.5. The largest absolute Gasteiger partial charge is 0.493 e. The molecule has 37 heavy (non-hydrogen) atoms. The summed E-state index contributed by atoms with van der Waals surface area (Å²) in [5, 5.41) is 9.14. The van der Waals surface area contributed by atoms with Crippen molar-refractivity contribution in [2.24, 2.45) is 5.41 Å². The van der Waals surface area contributed by atoms with Crippen molar-refractivity contribution in [2.75, 3.05) is 43.1 Å². The van der Waals surface area contributed by atoms with Crippen LogP contribution in [0.2, 0.25) is 5.02 Å². The van der Waals surface area contributed by atoms with Gasteiger partial charge in [-0.25, -0.2) is 9.37 Å². The Morgan fingerprint density at radius 1 is 1.05 bits per heavy atom. The number of halogens is 5. The number of benzene rings is 1. The number of pyridine rings is 1. The molecule has 2 saturated heterocycles. The van der Waals surface area contributed by atoms with Crippen LogP contribution in [-0.2, 0) is 13.1 Å². The highest BCUT2D eigenvalue weighted by molar-refractivity contribution is 6.30. The Kier molecular flexibility index (Phi) is 5.53. The number of ether oxygens (including phenoxy) is 1. The molecule has 2 aromatic heterocycles. The van der Waals surface area contributed by atoms with E-state index in [1.54, 1.807) is 18.2 Å². The second kappa shape index (κ2) is 8.45. The first-order valence-electron chi connectivity index (χ1n) is 11.8. The number of nitrogens with zero attached hydrogens (tertiary/aromatic N) is 7. The zero-order valence-electron chi connectivity index (χ0n) is 20.1. The van der Waals surface area contributed by atoms with Crippen LogP contribution in [0, 0.1) is 11.2 Å². The maximum Gasteiger partial charge on any atom is 0.403 e. The third kappa shape index (κ3) is 4.06. The second-order valence-electron chi connectivity index (χ2n) is 10.0. The molecule has 1 spiro atoms. The number of hydrogen-bond donors (Lipinski definition) is 0. The molecule has 8 nitrogen and oxygen atoms in total. The number of hydrogen-bond acceptors (Lipinski definition) is 7. The Labute approximate surface area is 215 Å². The molecular formula is C24H24ClF4N7O. The van der Waals surface area contributed by atoms with Gasteiger partial charge in [0, 0.05) is 49.2 Å². The van der Waals surface area contributed by atoms with E-state index in [4.69, 9.17) is 16.3 Å². The fourth-order valence-electron chi connectivity index (χ4n) is 5.47. The van der Waals surface area contributed by atoms with Gasteiger partial charge in [-0.3, -0.25) is 9.47 Å². The highest BCUT2D eigenvalue weighted by Crippen LogP contribution is 2.44. The lowest BCUT2D eigenvalue weighted by molar-refractivity contribution is -0.182. The maximum atomic E-state index is 13.7. The summed E-state index contributed by atoms with van der Waals surface area (Å²) in [4.78, 5) is 9.68. The van der Waals surface area contributed by atoms with Crippen molar-refractivity contribution < 1.29 is 22.3 Å². The Bertz CT molecular complexity index is 1350. The van der Waals surface area contributed by atoms with Crippen LogP contribution < -0.4 is 14.5 Å². The van der Waals surface area contributed by atoms with Gasteiger partial charge in [0.25, 0.3) is 0 Å². The van der Waals surface area contributed by atoms with Crippen LogP contribution in [0.15, 0.2) is 30.5 Å². The molecule has 3 aliphatic heterocycles. The van der Waals surface area contributed by atoms with E-state index in [1.807, 2.05) is 10.6 Å². The van der Waals surface area contributed by atoms with Gasteiger partial charge in [0.05, 0.1) is 25.5 Å². The van der Waals surface area contributed by atoms with Gasteiger partial charge in [0.1, 0.15) is 11.9 Å². The molecule has 5 heterocycles. The van der Waals surface area contributed by atoms with Gasteiger partial charge in [-0.2, -0.15) is 13.2 Å². The van der Waals surface area contributed by atoms with E-state index in [9.17, 15) is 17.6 Å². The highest BCUT2D eigenvalue weighted by Gasteiger charge is 2.53. The minimum absolute atomic E-state index is 0.00477. The first kappa shape index (κ1) is 24.2. The summed E-state index contributed by atoms with van der Waals surface area (Å²) in [5.41, 5.74) is 1.44. The van der Waals surface area contributed by atoms with E-state index >= 15 is 0 Å². The predicted octanol–water partition coefficient (Wildman–Crippen LogP) is 4.06. The van der Waals surface area contributed by atoms with Crippen LogP contribution in [0.4, 0.5) is 29.3 Å². The number of rotatable bonds is 4. The van der Waals surface area contributed by atoms with Crippen molar-refractivity contribution in [3.63, 3.8) is 0 Å². The summed E-state index contributed by atoms with van der Waals surface area (Å²) in [6, 6.07) is 5.17. The molecule has 13 heteroatoms. The topological polar surface area (TPSA) is 62.6 Å². The molecule has 2 fully saturated rings. The molecule has 0 radical (unpaired) electrons. The predicted molar refractivity (Wildman–Crippen MR) is 129 cm³/mol. The Balaban J connectivity index is 1.23. The summed E-state index contributed by atoms with van der Waals surface area (Å²) in [6.07, 6.45) is -3.22. The lowest BCUT2D eigenvalue weighted by Crippen LogP contribution is -2.73. The van der Waals surface area contributed by atoms with E-state index < -0.39 is 18.0 Å². The first-order chi connectivity index (χ1) is 17.6. The summed E-state index contributed by atoms with van der Waals surface area (Å²) < 4.78 is 61.4. The third-order valence-electron chi connectivity index (χ3n) is 7.47. The number of fused-ring (bicyclic) bond motifs is 3. The average molecular weight is 538 g/mol. The van der Waals surface area contributed by atoms with E-state index in [0.717, 1.165) is 31.9 Å². The maximum absolute atomic E-state index is 13.7. The lowest BCUT2D eigenvalue weighted by atomic mass is 9.73. The summed E-state index contributed by atoms with van der Waals surface area (Å²) in [7, 11) is 1.42. The van der Waals surface area contributed by atoms with Crippen molar-refractivity contribution in [1.29, 1.82) is 0 Å². The van der Waals surface area contributed by atoms with Crippen LogP contribution >= 0.6 is 11.6 Å². The van der Waals surface area contributed by atoms with Crippen molar-refractivity contribution in [3.05, 3.63) is 52.7 Å². The molecule has 1 atom stereocenters. The summed E-state index contributed by atoms with van der Waals surface area (Å²) in [6.45, 7) is 4.17. The summed E-state index contributed by atoms with van der Waals surface area (Å²) in [5.74, 6) is 1.36. The molecular weight excluding hydrogens is 514 g/mol. The van der Waals surface area contributed by atoms with Gasteiger partial charge < -0.3 is 14.5 Å². The fraction of sp³-hybridized carbons (Fsp3) is 0.458. The molecule has 0 saturated carbocycles. The zero-order valence-corrected chi connectivity index (χ0v) is 20.9. The van der Waals surface area contributed by atoms with Crippen molar-refractivity contribution in [3.8, 4) is 11.4 Å². The van der Waals surface area contributed by atoms with Crippen LogP contribution in [0.5, 0.6) is 5.75 Å². The van der Waals surface area contributed by atoms with E-state index in [2.05, 4.69) is 25.0 Å². The standard InChI is InChI=1S/C24H24ClF4N7O/c1-14(24(27,28)29)33-8-15-5-16(25)3-4-18(15)36-21(9-33)31-32-22(36)35-12-23(13-35)10-34(11-23)20-6-19(37-2)17(26)7-30-20/h3-7,14H,8-13H2,1-2H3. The Hall–Kier alpha value is -3.12. The van der Waals surface area contributed by atoms with Gasteiger partial charge in [0.2, 0.25) is 5.95 Å². The van der Waals surface area contributed by atoms with Crippen molar-refractivity contribution >= 4 is 23.4 Å². The molecule has 0 N–H and O–H groups in total. The summed E-state index contributed by atoms with van der Waals surface area (Å²) >= 11 is 6.21. The van der Waals surface area contributed by atoms with Crippen LogP contribution in [-0.4, -0.2) is 70.2 Å². The minimum Gasteiger partial charge on any atom is -0.493 e. The Morgan fingerprint density at radius 3 is 2.49 bits per heavy atom. The molecule has 3 aliphatic rings. The van der Waals surface area contributed by atoms with Crippen molar-refractivity contribution in [1.82, 2.24) is 24.6 Å². The van der Waals surface area contributed by atoms with Gasteiger partial charge >= 0.3 is 6.18 Å². The monoisotopic (exact) mass is 537 g/mol. The number of anilines is 2. The average Bonchev–Trinajstić information content (AvgIpc) is 3.12. The minimum atomic E-state index is -4.37. The number of alkyl halides is 3. The molecule has 3 aromatic rings. The van der Waals surface area contributed by atoms with E-state index in [1.165, 1.54) is 12.0 Å². The van der Waals surface area contributed by atoms with Crippen molar-refractivity contribution in [2.45, 2.75) is 32.2 Å². The zero-order chi connectivity index (χ0) is 26.1. The van der Waals surface area contributed by atoms with E-state index in [0.29, 0.717) is 41.3 Å². The molecule has 6 rings (SSSR count). The lowest BCUT2D eigenvalue weighted by Gasteiger charge is -2.60. The highest BCUT2D eigenvalue weighted by atomic mass is 35.5. The quantitative estimate of drug-likeness (QED) is 0.465. The fourth-order valence-corrected chi connectivity index (χ4v) is 5.66. The first-order valence-corrected chi connectivity index (χ1v) is 12.2. The molecule has 0 bridgehead atoms. The van der Waals surface area contributed by atoms with Gasteiger partial charge in [-0.15, -0.1) is 10.2 Å². The van der Waals surface area contributed by atoms with Gasteiger partial charge in [-0.1, -0.05) is 11.6 Å². The van der Waals surface area contributed by atoms with Crippen LogP contribution in [0.1, 0.15) is 18.3 Å². The molecule has 0 aliphatic carbocycles. The molecule has 196 valence electrons. The van der Waals surface area contributed by atoms with Gasteiger partial charge in [-0.05, 0) is 30.7 Å². The Morgan fingerprint density at radius 2 is 1.78 bits per heavy atom. The SMILES string of the molecule is COc1cc(N2CC3(C2)CN(c2nnc4n2-c2ccc(Cl)cc2CN(C(C)C(F)(F)F)C4)C3)ncc1F. The van der Waals surface area contributed by atoms with Crippen LogP contribution in [0.3, 0.4) is 0 Å². The van der Waals surface area contributed by atoms with Crippen LogP contribution in [0.25, 0.3) is 5.69 Å².